The lowest BCUT2D eigenvalue weighted by atomic mass is 10.2. The highest BCUT2D eigenvalue weighted by Gasteiger charge is 2.13. The van der Waals surface area contributed by atoms with E-state index in [0.717, 1.165) is 0 Å². The topological polar surface area (TPSA) is 120 Å². The Balaban J connectivity index is 1.69. The van der Waals surface area contributed by atoms with E-state index in [0.29, 0.717) is 17.2 Å². The quantitative estimate of drug-likeness (QED) is 0.689. The minimum absolute atomic E-state index is 0.0824. The second kappa shape index (κ2) is 9.21. The molecule has 0 bridgehead atoms. The first-order valence-electron chi connectivity index (χ1n) is 7.79. The highest BCUT2D eigenvalue weighted by Crippen LogP contribution is 2.23. The second-order valence-corrected chi connectivity index (χ2v) is 5.28. The molecule has 2 amide bonds. The Bertz CT molecular complexity index is 786. The molecule has 0 spiro atoms. The Morgan fingerprint density at radius 2 is 1.88 bits per heavy atom. The van der Waals surface area contributed by atoms with Crippen molar-refractivity contribution >= 4 is 29.3 Å². The first kappa shape index (κ1) is 19.0. The van der Waals surface area contributed by atoms with Crippen LogP contribution in [0.4, 0.5) is 11.5 Å². The second-order valence-electron chi connectivity index (χ2n) is 5.28. The standard InChI is InChI=1S/C17H19N3O6/c1-11-9-14(20-26-11)19-16(22)10-25-17(23)8-7-15(21)18-12-5-3-4-6-13(12)24-2/h3-6,9H,7-8,10H2,1-2H3,(H,18,21)(H,19,20,22). The highest BCUT2D eigenvalue weighted by atomic mass is 16.5. The van der Waals surface area contributed by atoms with Crippen molar-refractivity contribution in [3.63, 3.8) is 0 Å². The van der Waals surface area contributed by atoms with E-state index in [1.165, 1.54) is 13.2 Å². The molecule has 9 nitrogen and oxygen atoms in total. The van der Waals surface area contributed by atoms with Gasteiger partial charge in [0.15, 0.2) is 12.4 Å². The molecule has 0 aliphatic carbocycles. The van der Waals surface area contributed by atoms with Crippen LogP contribution in [0.1, 0.15) is 18.6 Å². The molecule has 2 N–H and O–H groups in total. The maximum Gasteiger partial charge on any atom is 0.306 e. The summed E-state index contributed by atoms with van der Waals surface area (Å²) >= 11 is 0. The van der Waals surface area contributed by atoms with Crippen molar-refractivity contribution in [2.75, 3.05) is 24.4 Å². The summed E-state index contributed by atoms with van der Waals surface area (Å²) in [5, 5.41) is 8.65. The van der Waals surface area contributed by atoms with Crippen LogP contribution in [0.25, 0.3) is 0 Å². The van der Waals surface area contributed by atoms with Crippen LogP contribution in [0.2, 0.25) is 0 Å². The number of aromatic nitrogens is 1. The van der Waals surface area contributed by atoms with Crippen molar-refractivity contribution < 1.29 is 28.4 Å². The van der Waals surface area contributed by atoms with Gasteiger partial charge in [0.05, 0.1) is 19.2 Å². The Morgan fingerprint density at radius 3 is 2.58 bits per heavy atom. The van der Waals surface area contributed by atoms with Gasteiger partial charge < -0.3 is 24.6 Å². The van der Waals surface area contributed by atoms with Gasteiger partial charge in [0, 0.05) is 12.5 Å². The predicted molar refractivity (Wildman–Crippen MR) is 91.7 cm³/mol. The monoisotopic (exact) mass is 361 g/mol. The molecule has 26 heavy (non-hydrogen) atoms. The van der Waals surface area contributed by atoms with Crippen molar-refractivity contribution in [3.8, 4) is 5.75 Å². The average molecular weight is 361 g/mol. The minimum Gasteiger partial charge on any atom is -0.495 e. The van der Waals surface area contributed by atoms with E-state index in [1.807, 2.05) is 0 Å². The van der Waals surface area contributed by atoms with Crippen LogP contribution in [-0.4, -0.2) is 36.7 Å². The zero-order chi connectivity index (χ0) is 18.9. The van der Waals surface area contributed by atoms with E-state index in [1.54, 1.807) is 31.2 Å². The van der Waals surface area contributed by atoms with Gasteiger partial charge in [-0.15, -0.1) is 0 Å². The number of hydrogen-bond donors (Lipinski definition) is 2. The van der Waals surface area contributed by atoms with E-state index in [2.05, 4.69) is 15.8 Å². The number of rotatable bonds is 8. The van der Waals surface area contributed by atoms with E-state index in [-0.39, 0.29) is 24.6 Å². The largest absolute Gasteiger partial charge is 0.495 e. The SMILES string of the molecule is COc1ccccc1NC(=O)CCC(=O)OCC(=O)Nc1cc(C)on1. The molecule has 0 radical (unpaired) electrons. The van der Waals surface area contributed by atoms with Crippen molar-refractivity contribution in [1.82, 2.24) is 5.16 Å². The van der Waals surface area contributed by atoms with Crippen LogP contribution in [-0.2, 0) is 19.1 Å². The number of nitrogens with zero attached hydrogens (tertiary/aromatic N) is 1. The summed E-state index contributed by atoms with van der Waals surface area (Å²) in [4.78, 5) is 35.2. The highest BCUT2D eigenvalue weighted by molar-refractivity contribution is 5.94. The summed E-state index contributed by atoms with van der Waals surface area (Å²) < 4.78 is 14.7. The van der Waals surface area contributed by atoms with Crippen LogP contribution in [0.15, 0.2) is 34.9 Å². The first-order chi connectivity index (χ1) is 12.5. The number of para-hydroxylation sites is 2. The predicted octanol–water partition coefficient (Wildman–Crippen LogP) is 1.89. The van der Waals surface area contributed by atoms with Gasteiger partial charge in [-0.25, -0.2) is 0 Å². The number of hydrogen-bond acceptors (Lipinski definition) is 7. The molecule has 1 aromatic carbocycles. The molecule has 1 aromatic heterocycles. The lowest BCUT2D eigenvalue weighted by Gasteiger charge is -2.09. The van der Waals surface area contributed by atoms with Crippen LogP contribution in [0.5, 0.6) is 5.75 Å². The summed E-state index contributed by atoms with van der Waals surface area (Å²) in [6.45, 7) is 1.21. The number of nitrogens with one attached hydrogen (secondary N) is 2. The van der Waals surface area contributed by atoms with Crippen molar-refractivity contribution in [2.24, 2.45) is 0 Å². The molecular formula is C17H19N3O6. The normalized spacial score (nSPS) is 10.1. The van der Waals surface area contributed by atoms with E-state index in [9.17, 15) is 14.4 Å². The van der Waals surface area contributed by atoms with Crippen molar-refractivity contribution in [2.45, 2.75) is 19.8 Å². The number of amides is 2. The number of aryl methyl sites for hydroxylation is 1. The third-order valence-electron chi connectivity index (χ3n) is 3.20. The lowest BCUT2D eigenvalue weighted by Crippen LogP contribution is -2.22. The van der Waals surface area contributed by atoms with Crippen LogP contribution in [0, 0.1) is 6.92 Å². The van der Waals surface area contributed by atoms with Crippen LogP contribution >= 0.6 is 0 Å². The average Bonchev–Trinajstić information content (AvgIpc) is 3.03. The fraction of sp³-hybridized carbons (Fsp3) is 0.294. The van der Waals surface area contributed by atoms with E-state index < -0.39 is 18.5 Å². The molecule has 0 aliphatic heterocycles. The molecular weight excluding hydrogens is 342 g/mol. The number of esters is 1. The fourth-order valence-corrected chi connectivity index (χ4v) is 2.00. The molecule has 0 saturated heterocycles. The number of carbonyl (C=O) groups is 3. The molecule has 0 unspecified atom stereocenters. The number of carbonyl (C=O) groups excluding carboxylic acids is 3. The minimum atomic E-state index is -0.660. The zero-order valence-electron chi connectivity index (χ0n) is 14.4. The van der Waals surface area contributed by atoms with Crippen LogP contribution in [0.3, 0.4) is 0 Å². The van der Waals surface area contributed by atoms with Crippen molar-refractivity contribution in [1.29, 1.82) is 0 Å². The Morgan fingerprint density at radius 1 is 1.12 bits per heavy atom. The molecule has 0 atom stereocenters. The molecule has 0 fully saturated rings. The van der Waals surface area contributed by atoms with E-state index in [4.69, 9.17) is 14.0 Å². The molecule has 0 aliphatic rings. The molecule has 2 aromatic rings. The summed E-state index contributed by atoms with van der Waals surface area (Å²) in [6, 6.07) is 8.45. The summed E-state index contributed by atoms with van der Waals surface area (Å²) in [5.74, 6) is -0.285. The molecule has 138 valence electrons. The Hall–Kier alpha value is -3.36. The van der Waals surface area contributed by atoms with Gasteiger partial charge in [-0.3, -0.25) is 14.4 Å². The number of benzene rings is 1. The summed E-state index contributed by atoms with van der Waals surface area (Å²) in [7, 11) is 1.49. The smallest absolute Gasteiger partial charge is 0.306 e. The zero-order valence-corrected chi connectivity index (χ0v) is 14.4. The third-order valence-corrected chi connectivity index (χ3v) is 3.20. The number of methoxy groups -OCH3 is 1. The van der Waals surface area contributed by atoms with Crippen LogP contribution < -0.4 is 15.4 Å². The maximum atomic E-state index is 11.9. The molecule has 1 heterocycles. The van der Waals surface area contributed by atoms with Gasteiger partial charge in [0.2, 0.25) is 5.91 Å². The fourth-order valence-electron chi connectivity index (χ4n) is 2.00. The summed E-state index contributed by atoms with van der Waals surface area (Å²) in [6.07, 6.45) is -0.238. The van der Waals surface area contributed by atoms with Gasteiger partial charge in [-0.1, -0.05) is 17.3 Å². The number of anilines is 2. The van der Waals surface area contributed by atoms with Gasteiger partial charge in [0.1, 0.15) is 11.5 Å². The Labute approximate surface area is 149 Å². The summed E-state index contributed by atoms with van der Waals surface area (Å²) in [5.41, 5.74) is 0.510. The Kier molecular flexibility index (Phi) is 6.72. The molecule has 2 rings (SSSR count). The van der Waals surface area contributed by atoms with Gasteiger partial charge >= 0.3 is 5.97 Å². The van der Waals surface area contributed by atoms with Gasteiger partial charge in [0.25, 0.3) is 5.91 Å². The third kappa shape index (κ3) is 5.93. The van der Waals surface area contributed by atoms with Gasteiger partial charge in [-0.2, -0.15) is 0 Å². The number of ether oxygens (including phenoxy) is 2. The molecule has 0 saturated carbocycles. The molecule has 9 heteroatoms. The maximum absolute atomic E-state index is 11.9. The van der Waals surface area contributed by atoms with E-state index >= 15 is 0 Å². The van der Waals surface area contributed by atoms with Gasteiger partial charge in [-0.05, 0) is 19.1 Å². The van der Waals surface area contributed by atoms with Crippen molar-refractivity contribution in [3.05, 3.63) is 36.1 Å². The first-order valence-corrected chi connectivity index (χ1v) is 7.79. The lowest BCUT2D eigenvalue weighted by molar-refractivity contribution is -0.147.